The number of ether oxygens (including phenoxy) is 1. The molecule has 21 heavy (non-hydrogen) atoms. The summed E-state index contributed by atoms with van der Waals surface area (Å²) in [5, 5.41) is 3.77. The fourth-order valence-electron chi connectivity index (χ4n) is 3.04. The number of piperidine rings is 1. The van der Waals surface area contributed by atoms with Crippen LogP contribution in [0.5, 0.6) is 5.75 Å². The topological polar surface area (TPSA) is 24.5 Å². The van der Waals surface area contributed by atoms with Crippen LogP contribution in [-0.4, -0.2) is 37.7 Å². The summed E-state index contributed by atoms with van der Waals surface area (Å²) in [6, 6.07) is 7.33. The highest BCUT2D eigenvalue weighted by Gasteiger charge is 2.20. The molecule has 3 nitrogen and oxygen atoms in total. The Morgan fingerprint density at radius 1 is 1.38 bits per heavy atom. The van der Waals surface area contributed by atoms with Crippen LogP contribution in [0.25, 0.3) is 0 Å². The van der Waals surface area contributed by atoms with E-state index in [-0.39, 0.29) is 0 Å². The Morgan fingerprint density at radius 2 is 2.10 bits per heavy atom. The van der Waals surface area contributed by atoms with Gasteiger partial charge < -0.3 is 15.0 Å². The van der Waals surface area contributed by atoms with Crippen molar-refractivity contribution in [2.24, 2.45) is 0 Å². The van der Waals surface area contributed by atoms with E-state index in [0.29, 0.717) is 12.1 Å². The highest BCUT2D eigenvalue weighted by molar-refractivity contribution is 9.10. The first-order valence-electron chi connectivity index (χ1n) is 7.96. The fraction of sp³-hybridized carbons (Fsp3) is 0.647. The van der Waals surface area contributed by atoms with Crippen molar-refractivity contribution >= 4 is 15.9 Å². The number of nitrogens with one attached hydrogen (secondary N) is 1. The smallest absolute Gasteiger partial charge is 0.133 e. The second kappa shape index (κ2) is 8.16. The number of nitrogens with zero attached hydrogens (tertiary/aromatic N) is 1. The molecule has 1 fully saturated rings. The molecule has 1 aromatic carbocycles. The number of hydrogen-bond acceptors (Lipinski definition) is 3. The number of halogens is 1. The van der Waals surface area contributed by atoms with Gasteiger partial charge in [-0.15, -0.1) is 0 Å². The molecule has 0 aromatic heterocycles. The summed E-state index contributed by atoms with van der Waals surface area (Å²) in [5.74, 6) is 0.888. The van der Waals surface area contributed by atoms with Crippen LogP contribution in [0.1, 0.15) is 44.7 Å². The lowest BCUT2D eigenvalue weighted by molar-refractivity contribution is 0.192. The SMILES string of the molecule is CCCN1CCC(NC(C)c2ccc(OC)c(Br)c2)CC1. The van der Waals surface area contributed by atoms with Crippen LogP contribution in [-0.2, 0) is 0 Å². The van der Waals surface area contributed by atoms with E-state index in [1.54, 1.807) is 7.11 Å². The second-order valence-corrected chi connectivity index (χ2v) is 6.75. The zero-order valence-electron chi connectivity index (χ0n) is 13.4. The van der Waals surface area contributed by atoms with Crippen LogP contribution in [0, 0.1) is 0 Å². The van der Waals surface area contributed by atoms with Crippen LogP contribution in [0.15, 0.2) is 22.7 Å². The molecule has 2 rings (SSSR count). The van der Waals surface area contributed by atoms with Crippen molar-refractivity contribution in [2.45, 2.75) is 45.2 Å². The maximum Gasteiger partial charge on any atom is 0.133 e. The molecule has 1 aliphatic rings. The van der Waals surface area contributed by atoms with Gasteiger partial charge in [0.15, 0.2) is 0 Å². The van der Waals surface area contributed by atoms with E-state index in [4.69, 9.17) is 4.74 Å². The predicted octanol–water partition coefficient (Wildman–Crippen LogP) is 3.98. The first-order chi connectivity index (χ1) is 10.1. The third-order valence-corrected chi connectivity index (χ3v) is 4.91. The van der Waals surface area contributed by atoms with Crippen molar-refractivity contribution in [3.8, 4) is 5.75 Å². The lowest BCUT2D eigenvalue weighted by atomic mass is 10.0. The van der Waals surface area contributed by atoms with Gasteiger partial charge in [0.2, 0.25) is 0 Å². The lowest BCUT2D eigenvalue weighted by Gasteiger charge is -2.33. The normalized spacial score (nSPS) is 18.7. The fourth-order valence-corrected chi connectivity index (χ4v) is 3.60. The van der Waals surface area contributed by atoms with E-state index in [2.05, 4.69) is 52.1 Å². The quantitative estimate of drug-likeness (QED) is 0.835. The van der Waals surface area contributed by atoms with Crippen molar-refractivity contribution in [3.05, 3.63) is 28.2 Å². The standard InChI is InChI=1S/C17H27BrN2O/c1-4-9-20-10-7-15(8-11-20)19-13(2)14-5-6-17(21-3)16(18)12-14/h5-6,12-13,15,19H,4,7-11H2,1-3H3. The summed E-state index contributed by atoms with van der Waals surface area (Å²) in [6.45, 7) is 8.20. The van der Waals surface area contributed by atoms with Crippen molar-refractivity contribution in [3.63, 3.8) is 0 Å². The van der Waals surface area contributed by atoms with Gasteiger partial charge in [0.25, 0.3) is 0 Å². The largest absolute Gasteiger partial charge is 0.496 e. The molecule has 1 atom stereocenters. The summed E-state index contributed by atoms with van der Waals surface area (Å²) in [5.41, 5.74) is 1.30. The Labute approximate surface area is 137 Å². The molecule has 1 heterocycles. The molecule has 1 aliphatic heterocycles. The molecule has 1 unspecified atom stereocenters. The number of methoxy groups -OCH3 is 1. The van der Waals surface area contributed by atoms with Crippen molar-refractivity contribution < 1.29 is 4.74 Å². The molecule has 4 heteroatoms. The minimum atomic E-state index is 0.370. The highest BCUT2D eigenvalue weighted by Crippen LogP contribution is 2.28. The third kappa shape index (κ3) is 4.70. The molecule has 1 saturated heterocycles. The second-order valence-electron chi connectivity index (χ2n) is 5.90. The van der Waals surface area contributed by atoms with Gasteiger partial charge in [0.1, 0.15) is 5.75 Å². The van der Waals surface area contributed by atoms with E-state index in [1.807, 2.05) is 6.07 Å². The number of rotatable bonds is 6. The molecule has 0 radical (unpaired) electrons. The van der Waals surface area contributed by atoms with E-state index in [1.165, 1.54) is 44.5 Å². The Bertz CT molecular complexity index is 444. The lowest BCUT2D eigenvalue weighted by Crippen LogP contribution is -2.43. The molecule has 0 bridgehead atoms. The zero-order chi connectivity index (χ0) is 15.2. The van der Waals surface area contributed by atoms with E-state index < -0.39 is 0 Å². The van der Waals surface area contributed by atoms with Gasteiger partial charge in [0, 0.05) is 12.1 Å². The van der Waals surface area contributed by atoms with E-state index in [0.717, 1.165) is 10.2 Å². The summed E-state index contributed by atoms with van der Waals surface area (Å²) < 4.78 is 6.31. The highest BCUT2D eigenvalue weighted by atomic mass is 79.9. The van der Waals surface area contributed by atoms with Gasteiger partial charge in [-0.1, -0.05) is 13.0 Å². The molecular weight excluding hydrogens is 328 g/mol. The average Bonchev–Trinajstić information content (AvgIpc) is 2.49. The molecule has 0 spiro atoms. The van der Waals surface area contributed by atoms with Gasteiger partial charge in [-0.3, -0.25) is 0 Å². The minimum absolute atomic E-state index is 0.370. The third-order valence-electron chi connectivity index (χ3n) is 4.29. The maximum atomic E-state index is 5.29. The van der Waals surface area contributed by atoms with Crippen LogP contribution in [0.3, 0.4) is 0 Å². The van der Waals surface area contributed by atoms with Gasteiger partial charge in [-0.25, -0.2) is 0 Å². The van der Waals surface area contributed by atoms with Crippen LogP contribution in [0.2, 0.25) is 0 Å². The molecule has 118 valence electrons. The Hall–Kier alpha value is -0.580. The summed E-state index contributed by atoms with van der Waals surface area (Å²) in [6.07, 6.45) is 3.76. The van der Waals surface area contributed by atoms with Gasteiger partial charge in [0.05, 0.1) is 11.6 Å². The van der Waals surface area contributed by atoms with Crippen LogP contribution < -0.4 is 10.1 Å². The summed E-state index contributed by atoms with van der Waals surface area (Å²) >= 11 is 3.57. The average molecular weight is 355 g/mol. The molecule has 0 aliphatic carbocycles. The Balaban J connectivity index is 1.87. The van der Waals surface area contributed by atoms with Crippen molar-refractivity contribution in [1.29, 1.82) is 0 Å². The van der Waals surface area contributed by atoms with Gasteiger partial charge in [-0.2, -0.15) is 0 Å². The summed E-state index contributed by atoms with van der Waals surface area (Å²) in [7, 11) is 1.70. The molecule has 0 saturated carbocycles. The molecule has 1 aromatic rings. The first-order valence-corrected chi connectivity index (χ1v) is 8.75. The van der Waals surface area contributed by atoms with Crippen LogP contribution >= 0.6 is 15.9 Å². The Morgan fingerprint density at radius 3 is 2.67 bits per heavy atom. The van der Waals surface area contributed by atoms with Gasteiger partial charge in [-0.05, 0) is 79.4 Å². The van der Waals surface area contributed by atoms with Crippen LogP contribution in [0.4, 0.5) is 0 Å². The van der Waals surface area contributed by atoms with E-state index in [9.17, 15) is 0 Å². The van der Waals surface area contributed by atoms with Crippen molar-refractivity contribution in [2.75, 3.05) is 26.7 Å². The maximum absolute atomic E-state index is 5.29. The monoisotopic (exact) mass is 354 g/mol. The number of benzene rings is 1. The van der Waals surface area contributed by atoms with Crippen molar-refractivity contribution in [1.82, 2.24) is 10.2 Å². The molecule has 1 N–H and O–H groups in total. The molecule has 0 amide bonds. The number of hydrogen-bond donors (Lipinski definition) is 1. The zero-order valence-corrected chi connectivity index (χ0v) is 14.9. The minimum Gasteiger partial charge on any atom is -0.496 e. The first kappa shape index (κ1) is 16.8. The predicted molar refractivity (Wildman–Crippen MR) is 92.0 cm³/mol. The molecular formula is C17H27BrN2O. The van der Waals surface area contributed by atoms with E-state index >= 15 is 0 Å². The summed E-state index contributed by atoms with van der Waals surface area (Å²) in [4.78, 5) is 2.58. The Kier molecular flexibility index (Phi) is 6.52. The van der Waals surface area contributed by atoms with Gasteiger partial charge >= 0.3 is 0 Å². The number of likely N-dealkylation sites (tertiary alicyclic amines) is 1.